The third kappa shape index (κ3) is 4.48. The van der Waals surface area contributed by atoms with Crippen molar-refractivity contribution < 1.29 is 17.4 Å². The average molecular weight is 524 g/mol. The number of aromatic nitrogens is 2. The predicted octanol–water partition coefficient (Wildman–Crippen LogP) is 5.79. The van der Waals surface area contributed by atoms with E-state index in [2.05, 4.69) is 87.5 Å². The molecule has 1 aliphatic heterocycles. The number of benzene rings is 3. The molecule has 0 radical (unpaired) electrons. The lowest BCUT2D eigenvalue weighted by Gasteiger charge is -2.17. The van der Waals surface area contributed by atoms with E-state index in [-0.39, 0.29) is 4.90 Å². The molecule has 1 aliphatic rings. The number of aryl methyl sites for hydroxylation is 2. The van der Waals surface area contributed by atoms with Gasteiger partial charge in [0.15, 0.2) is 5.52 Å². The maximum absolute atomic E-state index is 10.4. The highest BCUT2D eigenvalue weighted by Gasteiger charge is 2.18. The molecule has 0 spiro atoms. The summed E-state index contributed by atoms with van der Waals surface area (Å²) in [5, 5.41) is 2.58. The van der Waals surface area contributed by atoms with E-state index in [0.717, 1.165) is 5.56 Å². The summed E-state index contributed by atoms with van der Waals surface area (Å²) >= 11 is 0. The second-order valence-corrected chi connectivity index (χ2v) is 11.4. The van der Waals surface area contributed by atoms with Crippen LogP contribution in [0, 0.1) is 13.8 Å². The van der Waals surface area contributed by atoms with Gasteiger partial charge in [0.25, 0.3) is 5.65 Å². The molecular formula is C31H29N3O3S. The monoisotopic (exact) mass is 523 g/mol. The van der Waals surface area contributed by atoms with Gasteiger partial charge < -0.3 is 9.45 Å². The number of rotatable bonds is 2. The first-order chi connectivity index (χ1) is 18.3. The van der Waals surface area contributed by atoms with Gasteiger partial charge in [0.2, 0.25) is 0 Å². The van der Waals surface area contributed by atoms with Gasteiger partial charge >= 0.3 is 0 Å². The van der Waals surface area contributed by atoms with E-state index < -0.39 is 10.1 Å². The topological polar surface area (TPSA) is 69.0 Å². The van der Waals surface area contributed by atoms with Crippen LogP contribution in [-0.4, -0.2) is 30.5 Å². The van der Waals surface area contributed by atoms with Crippen molar-refractivity contribution >= 4 is 48.8 Å². The second kappa shape index (κ2) is 9.42. The van der Waals surface area contributed by atoms with Gasteiger partial charge in [-0.15, -0.1) is 0 Å². The Morgan fingerprint density at radius 1 is 0.763 bits per heavy atom. The van der Waals surface area contributed by atoms with E-state index in [1.807, 2.05) is 6.92 Å². The van der Waals surface area contributed by atoms with Crippen LogP contribution in [-0.2, 0) is 10.1 Å². The fraction of sp³-hybridized carbons (Fsp3) is 0.194. The first-order valence-electron chi connectivity index (χ1n) is 12.8. The predicted molar refractivity (Wildman–Crippen MR) is 151 cm³/mol. The highest BCUT2D eigenvalue weighted by Crippen LogP contribution is 2.26. The summed E-state index contributed by atoms with van der Waals surface area (Å²) in [5.74, 6) is 0. The molecule has 0 saturated carbocycles. The molecule has 3 aromatic heterocycles. The smallest absolute Gasteiger partial charge is 0.292 e. The molecule has 1 saturated heterocycles. The lowest BCUT2D eigenvalue weighted by atomic mass is 10.1. The number of hydrogen-bond donors (Lipinski definition) is 0. The average Bonchev–Trinajstić information content (AvgIpc) is 3.57. The summed E-state index contributed by atoms with van der Waals surface area (Å²) in [6.45, 7) is 6.34. The number of fused-ring (bicyclic) bond motifs is 7. The summed E-state index contributed by atoms with van der Waals surface area (Å²) in [4.78, 5) is 2.32. The van der Waals surface area contributed by atoms with Crippen molar-refractivity contribution in [2.45, 2.75) is 31.6 Å². The van der Waals surface area contributed by atoms with Crippen molar-refractivity contribution in [1.82, 2.24) is 4.40 Å². The van der Waals surface area contributed by atoms with Gasteiger partial charge in [-0.2, -0.15) is 8.80 Å². The Kier molecular flexibility index (Phi) is 6.05. The van der Waals surface area contributed by atoms with Gasteiger partial charge in [0, 0.05) is 35.6 Å². The lowest BCUT2D eigenvalue weighted by molar-refractivity contribution is -0.479. The zero-order valence-electron chi connectivity index (χ0n) is 21.5. The minimum Gasteiger partial charge on any atom is -0.744 e. The van der Waals surface area contributed by atoms with Crippen molar-refractivity contribution in [3.8, 4) is 0 Å². The highest BCUT2D eigenvalue weighted by atomic mass is 32.2. The van der Waals surface area contributed by atoms with Gasteiger partial charge in [-0.05, 0) is 87.4 Å². The molecule has 38 heavy (non-hydrogen) atoms. The number of hydrogen-bond acceptors (Lipinski definition) is 4. The van der Waals surface area contributed by atoms with Gasteiger partial charge in [0.1, 0.15) is 27.3 Å². The summed E-state index contributed by atoms with van der Waals surface area (Å²) in [7, 11) is -4.27. The molecule has 6 aromatic rings. The number of nitrogens with zero attached hydrogens (tertiary/aromatic N) is 3. The van der Waals surface area contributed by atoms with Gasteiger partial charge in [-0.25, -0.2) is 8.42 Å². The largest absolute Gasteiger partial charge is 0.744 e. The molecule has 0 N–H and O–H groups in total. The Bertz CT molecular complexity index is 1920. The first kappa shape index (κ1) is 24.4. The number of pyridine rings is 2. The maximum atomic E-state index is 10.4. The van der Waals surface area contributed by atoms with Crippen molar-refractivity contribution in [2.75, 3.05) is 18.0 Å². The van der Waals surface area contributed by atoms with Gasteiger partial charge in [-0.3, -0.25) is 0 Å². The molecular weight excluding hydrogens is 494 g/mol. The van der Waals surface area contributed by atoms with E-state index in [0.29, 0.717) is 0 Å². The summed E-state index contributed by atoms with van der Waals surface area (Å²) < 4.78 is 35.9. The Morgan fingerprint density at radius 3 is 2.21 bits per heavy atom. The Balaban J connectivity index is 0.000000204. The molecule has 3 aromatic carbocycles. The molecule has 0 aliphatic carbocycles. The molecule has 4 heterocycles. The Morgan fingerprint density at radius 2 is 1.47 bits per heavy atom. The molecule has 6 nitrogen and oxygen atoms in total. The van der Waals surface area contributed by atoms with Crippen LogP contribution in [0.25, 0.3) is 33.0 Å². The molecule has 7 rings (SSSR count). The van der Waals surface area contributed by atoms with Crippen LogP contribution in [0.4, 0.5) is 5.69 Å². The molecule has 192 valence electrons. The molecule has 0 bridgehead atoms. The van der Waals surface area contributed by atoms with E-state index in [1.54, 1.807) is 12.1 Å². The summed E-state index contributed by atoms with van der Waals surface area (Å²) in [6, 6.07) is 28.3. The van der Waals surface area contributed by atoms with E-state index in [1.165, 1.54) is 82.3 Å². The van der Waals surface area contributed by atoms with E-state index >= 15 is 0 Å². The van der Waals surface area contributed by atoms with Crippen LogP contribution in [0.15, 0.2) is 96.0 Å². The van der Waals surface area contributed by atoms with Crippen LogP contribution >= 0.6 is 0 Å². The SMILES string of the molecule is Cc1ccc(S(=O)(=O)[O-])cc1.Cc1ccc2c(ccc3c[n+]4c5ccc(N6CCCC6)cc5ccc4n32)c1. The molecule has 0 atom stereocenters. The number of imidazole rings is 1. The molecule has 7 heteroatoms. The van der Waals surface area contributed by atoms with E-state index in [4.69, 9.17) is 0 Å². The van der Waals surface area contributed by atoms with Crippen molar-refractivity contribution in [1.29, 1.82) is 0 Å². The van der Waals surface area contributed by atoms with Crippen LogP contribution in [0.1, 0.15) is 24.0 Å². The van der Waals surface area contributed by atoms with E-state index in [9.17, 15) is 13.0 Å². The second-order valence-electron chi connectivity index (χ2n) is 10.1. The first-order valence-corrected chi connectivity index (χ1v) is 14.3. The van der Waals surface area contributed by atoms with Crippen LogP contribution in [0.5, 0.6) is 0 Å². The summed E-state index contributed by atoms with van der Waals surface area (Å²) in [6.07, 6.45) is 4.87. The third-order valence-electron chi connectivity index (χ3n) is 7.32. The zero-order valence-corrected chi connectivity index (χ0v) is 22.3. The minimum absolute atomic E-state index is 0.178. The maximum Gasteiger partial charge on any atom is 0.292 e. The standard InChI is InChI=1S/C24H22N3.C7H8O3S/c1-17-4-9-23-18(14-17)5-7-21-16-26-22-10-8-20(25-12-2-3-13-25)15-19(22)6-11-24(26)27(21)23;1-6-2-4-7(5-3-6)11(8,9)10/h4-11,14-16H,2-3,12-13H2,1H3;2-5H,1H3,(H,8,9,10)/q+1;/p-1. The fourth-order valence-corrected chi connectivity index (χ4v) is 5.82. The number of anilines is 1. The van der Waals surface area contributed by atoms with Gasteiger partial charge in [-0.1, -0.05) is 29.3 Å². The minimum atomic E-state index is -4.27. The summed E-state index contributed by atoms with van der Waals surface area (Å²) in [5.41, 5.74) is 8.53. The van der Waals surface area contributed by atoms with Crippen LogP contribution in [0.3, 0.4) is 0 Å². The fourth-order valence-electron chi connectivity index (χ4n) is 5.35. The van der Waals surface area contributed by atoms with Crippen LogP contribution < -0.4 is 9.30 Å². The normalized spacial score (nSPS) is 13.9. The molecule has 0 unspecified atom stereocenters. The quantitative estimate of drug-likeness (QED) is 0.213. The Hall–Kier alpha value is -3.94. The van der Waals surface area contributed by atoms with Crippen molar-refractivity contribution in [2.24, 2.45) is 0 Å². The molecule has 0 amide bonds. The van der Waals surface area contributed by atoms with Crippen LogP contribution in [0.2, 0.25) is 0 Å². The third-order valence-corrected chi connectivity index (χ3v) is 8.17. The zero-order chi connectivity index (χ0) is 26.4. The van der Waals surface area contributed by atoms with Crippen molar-refractivity contribution in [3.63, 3.8) is 0 Å². The van der Waals surface area contributed by atoms with Gasteiger partial charge in [0.05, 0.1) is 4.90 Å². The lowest BCUT2D eigenvalue weighted by Crippen LogP contribution is -2.21. The van der Waals surface area contributed by atoms with Crippen molar-refractivity contribution in [3.05, 3.63) is 102 Å². The molecule has 1 fully saturated rings. The Labute approximate surface area is 222 Å². The highest BCUT2D eigenvalue weighted by molar-refractivity contribution is 7.85.